The molecule has 242 valence electrons. The van der Waals surface area contributed by atoms with E-state index in [4.69, 9.17) is 20.5 Å². The number of fused-ring (bicyclic) bond motifs is 1. The molecular weight excluding hydrogens is 604 g/mol. The third-order valence-corrected chi connectivity index (χ3v) is 8.34. The molecule has 2 heterocycles. The second kappa shape index (κ2) is 15.1. The number of benzene rings is 4. The SMILES string of the molecule is N#Cc1ccc(Cn2cncc2CNC2CCOc3c(C(=O)NC(Cc4ccc(OCc5ccccc5)cc4)C(N)=O)cccc32)cc1. The first-order valence-corrected chi connectivity index (χ1v) is 15.8. The molecule has 2 amide bonds. The lowest BCUT2D eigenvalue weighted by Crippen LogP contribution is -2.46. The van der Waals surface area contributed by atoms with Crippen molar-refractivity contribution in [1.82, 2.24) is 20.2 Å². The van der Waals surface area contributed by atoms with Crippen LogP contribution in [-0.4, -0.2) is 34.0 Å². The fourth-order valence-corrected chi connectivity index (χ4v) is 5.72. The first-order chi connectivity index (χ1) is 23.5. The Morgan fingerprint density at radius 3 is 2.50 bits per heavy atom. The summed E-state index contributed by atoms with van der Waals surface area (Å²) in [6.07, 6.45) is 4.57. The monoisotopic (exact) mass is 640 g/mol. The molecule has 0 saturated heterocycles. The zero-order valence-corrected chi connectivity index (χ0v) is 26.3. The van der Waals surface area contributed by atoms with Gasteiger partial charge in [-0.05, 0) is 47.0 Å². The molecule has 0 radical (unpaired) electrons. The van der Waals surface area contributed by atoms with E-state index >= 15 is 0 Å². The van der Waals surface area contributed by atoms with Crippen molar-refractivity contribution in [3.8, 4) is 17.6 Å². The van der Waals surface area contributed by atoms with Gasteiger partial charge >= 0.3 is 0 Å². The topological polar surface area (TPSA) is 144 Å². The summed E-state index contributed by atoms with van der Waals surface area (Å²) in [6.45, 7) is 2.06. The van der Waals surface area contributed by atoms with Gasteiger partial charge < -0.3 is 30.4 Å². The Morgan fingerprint density at radius 1 is 0.979 bits per heavy atom. The number of ether oxygens (including phenoxy) is 2. The van der Waals surface area contributed by atoms with E-state index < -0.39 is 17.9 Å². The molecule has 2 atom stereocenters. The van der Waals surface area contributed by atoms with E-state index in [9.17, 15) is 9.59 Å². The Morgan fingerprint density at radius 2 is 1.75 bits per heavy atom. The van der Waals surface area contributed by atoms with E-state index in [2.05, 4.69) is 26.3 Å². The molecule has 1 aliphatic rings. The number of aromatic nitrogens is 2. The zero-order valence-electron chi connectivity index (χ0n) is 26.3. The van der Waals surface area contributed by atoms with E-state index in [0.717, 1.165) is 34.4 Å². The quantitative estimate of drug-likeness (QED) is 0.167. The van der Waals surface area contributed by atoms with Crippen molar-refractivity contribution in [1.29, 1.82) is 5.26 Å². The molecule has 2 unspecified atom stereocenters. The number of carbonyl (C=O) groups is 2. The number of primary amides is 1. The maximum atomic E-state index is 13.5. The van der Waals surface area contributed by atoms with Crippen LogP contribution in [0.1, 0.15) is 56.3 Å². The van der Waals surface area contributed by atoms with Crippen molar-refractivity contribution in [3.05, 3.63) is 149 Å². The molecular formula is C38H36N6O4. The summed E-state index contributed by atoms with van der Waals surface area (Å²) in [7, 11) is 0. The molecule has 0 bridgehead atoms. The smallest absolute Gasteiger partial charge is 0.255 e. The number of rotatable bonds is 13. The molecule has 5 aromatic rings. The first-order valence-electron chi connectivity index (χ1n) is 15.8. The van der Waals surface area contributed by atoms with Gasteiger partial charge in [-0.3, -0.25) is 9.59 Å². The van der Waals surface area contributed by atoms with Gasteiger partial charge in [-0.15, -0.1) is 0 Å². The van der Waals surface area contributed by atoms with Gasteiger partial charge in [-0.2, -0.15) is 5.26 Å². The number of nitrogens with one attached hydrogen (secondary N) is 2. The lowest BCUT2D eigenvalue weighted by molar-refractivity contribution is -0.119. The van der Waals surface area contributed by atoms with Gasteiger partial charge in [0.15, 0.2) is 0 Å². The van der Waals surface area contributed by atoms with Crippen molar-refractivity contribution in [3.63, 3.8) is 0 Å². The Kier molecular flexibility index (Phi) is 10.1. The summed E-state index contributed by atoms with van der Waals surface area (Å²) in [5.41, 5.74) is 11.5. The van der Waals surface area contributed by atoms with Gasteiger partial charge in [0.1, 0.15) is 24.1 Å². The average molecular weight is 641 g/mol. The second-order valence-corrected chi connectivity index (χ2v) is 11.7. The Hall–Kier alpha value is -5.92. The van der Waals surface area contributed by atoms with Crippen LogP contribution < -0.4 is 25.8 Å². The minimum Gasteiger partial charge on any atom is -0.492 e. The lowest BCUT2D eigenvalue weighted by Gasteiger charge is -2.28. The number of imidazole rings is 1. The highest BCUT2D eigenvalue weighted by Crippen LogP contribution is 2.35. The molecule has 48 heavy (non-hydrogen) atoms. The van der Waals surface area contributed by atoms with Crippen LogP contribution in [0.5, 0.6) is 11.5 Å². The van der Waals surface area contributed by atoms with Gasteiger partial charge in [0.2, 0.25) is 5.91 Å². The van der Waals surface area contributed by atoms with Crippen LogP contribution in [0.4, 0.5) is 0 Å². The first kappa shape index (κ1) is 32.0. The van der Waals surface area contributed by atoms with E-state index in [-0.39, 0.29) is 12.5 Å². The Bertz CT molecular complexity index is 1900. The predicted molar refractivity (Wildman–Crippen MR) is 180 cm³/mol. The maximum Gasteiger partial charge on any atom is 0.255 e. The molecule has 4 N–H and O–H groups in total. The number of nitrogens with zero attached hydrogens (tertiary/aromatic N) is 3. The van der Waals surface area contributed by atoms with Gasteiger partial charge in [-0.25, -0.2) is 4.98 Å². The highest BCUT2D eigenvalue weighted by molar-refractivity contribution is 6.00. The summed E-state index contributed by atoms with van der Waals surface area (Å²) in [5.74, 6) is 0.137. The number of para-hydroxylation sites is 1. The van der Waals surface area contributed by atoms with E-state index in [1.807, 2.05) is 97.2 Å². The van der Waals surface area contributed by atoms with Crippen molar-refractivity contribution in [2.24, 2.45) is 5.73 Å². The van der Waals surface area contributed by atoms with Crippen molar-refractivity contribution in [2.45, 2.75) is 44.6 Å². The molecule has 10 nitrogen and oxygen atoms in total. The average Bonchev–Trinajstić information content (AvgIpc) is 3.57. The summed E-state index contributed by atoms with van der Waals surface area (Å²) < 4.78 is 13.9. The van der Waals surface area contributed by atoms with E-state index in [1.165, 1.54) is 0 Å². The standard InChI is InChI=1S/C38H36N6O4/c39-20-27-9-11-28(12-10-27)23-44-25-41-21-30(44)22-42-34-17-18-47-36-32(34)7-4-8-33(36)38(46)43-35(37(40)45)19-26-13-15-31(16-14-26)48-24-29-5-2-1-3-6-29/h1-16,21,25,34-35,42H,17-19,22-24H2,(H2,40,45)(H,43,46). The van der Waals surface area contributed by atoms with Gasteiger partial charge in [0.25, 0.3) is 5.91 Å². The highest BCUT2D eigenvalue weighted by Gasteiger charge is 2.28. The number of carbonyl (C=O) groups excluding carboxylic acids is 2. The maximum absolute atomic E-state index is 13.5. The third kappa shape index (κ3) is 7.89. The van der Waals surface area contributed by atoms with Gasteiger partial charge in [0.05, 0.1) is 35.8 Å². The minimum atomic E-state index is -0.918. The molecule has 0 spiro atoms. The third-order valence-electron chi connectivity index (χ3n) is 8.34. The van der Waals surface area contributed by atoms with Gasteiger partial charge in [0, 0.05) is 43.7 Å². The normalized spacial score (nSPS) is 14.2. The largest absolute Gasteiger partial charge is 0.492 e. The molecule has 1 aromatic heterocycles. The zero-order chi connectivity index (χ0) is 33.3. The van der Waals surface area contributed by atoms with Crippen LogP contribution in [0.15, 0.2) is 110 Å². The fraction of sp³-hybridized carbons (Fsp3) is 0.211. The van der Waals surface area contributed by atoms with Crippen LogP contribution in [0.2, 0.25) is 0 Å². The van der Waals surface area contributed by atoms with Crippen LogP contribution in [0.25, 0.3) is 0 Å². The molecule has 10 heteroatoms. The second-order valence-electron chi connectivity index (χ2n) is 11.7. The summed E-state index contributed by atoms with van der Waals surface area (Å²) in [4.78, 5) is 30.3. The van der Waals surface area contributed by atoms with E-state index in [1.54, 1.807) is 12.4 Å². The van der Waals surface area contributed by atoms with Gasteiger partial charge in [-0.1, -0.05) is 66.7 Å². The summed E-state index contributed by atoms with van der Waals surface area (Å²) in [5, 5.41) is 15.5. The predicted octanol–water partition coefficient (Wildman–Crippen LogP) is 4.82. The van der Waals surface area contributed by atoms with Crippen LogP contribution in [0.3, 0.4) is 0 Å². The summed E-state index contributed by atoms with van der Waals surface area (Å²) in [6, 6.07) is 31.4. The molecule has 1 aliphatic heterocycles. The minimum absolute atomic E-state index is 0.0608. The number of amides is 2. The van der Waals surface area contributed by atoms with Crippen LogP contribution in [-0.2, 0) is 30.9 Å². The number of nitriles is 1. The van der Waals surface area contributed by atoms with Crippen molar-refractivity contribution in [2.75, 3.05) is 6.61 Å². The van der Waals surface area contributed by atoms with Crippen LogP contribution >= 0.6 is 0 Å². The van der Waals surface area contributed by atoms with Crippen LogP contribution in [0, 0.1) is 11.3 Å². The molecule has 0 aliphatic carbocycles. The van der Waals surface area contributed by atoms with E-state index in [0.29, 0.717) is 48.9 Å². The molecule has 0 saturated carbocycles. The molecule has 4 aromatic carbocycles. The number of hydrogen-bond donors (Lipinski definition) is 3. The Labute approximate surface area is 279 Å². The number of nitrogens with two attached hydrogens (primary N) is 1. The summed E-state index contributed by atoms with van der Waals surface area (Å²) >= 11 is 0. The molecule has 6 rings (SSSR count). The Balaban J connectivity index is 1.08. The highest BCUT2D eigenvalue weighted by atomic mass is 16.5. The molecule has 0 fully saturated rings. The van der Waals surface area contributed by atoms with Crippen molar-refractivity contribution < 1.29 is 19.1 Å². The number of hydrogen-bond acceptors (Lipinski definition) is 7. The van der Waals surface area contributed by atoms with Crippen molar-refractivity contribution >= 4 is 11.8 Å². The fourth-order valence-electron chi connectivity index (χ4n) is 5.72. The lowest BCUT2D eigenvalue weighted by atomic mass is 9.96.